The first kappa shape index (κ1) is 59.8. The second-order valence-corrected chi connectivity index (χ2v) is 20.1. The molecular formula is C63H73ClFN5O9. The summed E-state index contributed by atoms with van der Waals surface area (Å²) in [5, 5.41) is 10.2. The molecule has 418 valence electrons. The van der Waals surface area contributed by atoms with Crippen molar-refractivity contribution < 1.29 is 47.3 Å². The molecule has 0 unspecified atom stereocenters. The van der Waals surface area contributed by atoms with Crippen LogP contribution in [0, 0.1) is 30.5 Å². The summed E-state index contributed by atoms with van der Waals surface area (Å²) < 4.78 is 41.8. The van der Waals surface area contributed by atoms with Crippen molar-refractivity contribution in [3.63, 3.8) is 0 Å². The van der Waals surface area contributed by atoms with E-state index >= 15 is 0 Å². The molecule has 2 heterocycles. The molecule has 2 aliphatic heterocycles. The molecule has 7 rings (SSSR count). The van der Waals surface area contributed by atoms with Crippen LogP contribution in [-0.2, 0) is 38.1 Å². The molecule has 1 saturated heterocycles. The number of unbranched alkanes of at least 4 members (excludes halogenated alkanes) is 1. The number of benzene rings is 5. The molecular weight excluding hydrogens is 1030 g/mol. The molecule has 2 aliphatic rings. The number of ether oxygens (including phenoxy) is 5. The second kappa shape index (κ2) is 31.0. The van der Waals surface area contributed by atoms with E-state index in [-0.39, 0.29) is 54.0 Å². The average molecular weight is 1100 g/mol. The van der Waals surface area contributed by atoms with Crippen LogP contribution in [0.1, 0.15) is 84.6 Å². The third kappa shape index (κ3) is 18.1. The first-order valence-corrected chi connectivity index (χ1v) is 27.6. The minimum Gasteiger partial charge on any atom is -0.378 e. The lowest BCUT2D eigenvalue weighted by molar-refractivity contribution is -0.127. The van der Waals surface area contributed by atoms with E-state index < -0.39 is 5.92 Å². The Morgan fingerprint density at radius 3 is 1.97 bits per heavy atom. The van der Waals surface area contributed by atoms with E-state index in [1.54, 1.807) is 30.0 Å². The Morgan fingerprint density at radius 1 is 0.734 bits per heavy atom. The molecule has 0 bridgehead atoms. The van der Waals surface area contributed by atoms with Gasteiger partial charge in [-0.15, -0.1) is 0 Å². The monoisotopic (exact) mass is 1100 g/mol. The molecule has 3 N–H and O–H groups in total. The normalized spacial score (nSPS) is 16.9. The van der Waals surface area contributed by atoms with Crippen LogP contribution in [0.25, 0.3) is 17.2 Å². The number of hydrogen-bond acceptors (Lipinski definition) is 10. The summed E-state index contributed by atoms with van der Waals surface area (Å²) in [7, 11) is 0. The number of amides is 4. The molecule has 4 atom stereocenters. The highest BCUT2D eigenvalue weighted by Crippen LogP contribution is 2.41. The number of fused-ring (bicyclic) bond motifs is 1. The summed E-state index contributed by atoms with van der Waals surface area (Å²) in [6.07, 6.45) is 3.90. The van der Waals surface area contributed by atoms with Crippen molar-refractivity contribution in [3.8, 4) is 23.0 Å². The molecule has 0 aromatic heterocycles. The number of nitrogens with zero attached hydrogens (tertiary/aromatic N) is 2. The van der Waals surface area contributed by atoms with Crippen LogP contribution in [0.5, 0.6) is 0 Å². The largest absolute Gasteiger partial charge is 0.378 e. The maximum Gasteiger partial charge on any atom is 0.262 e. The molecule has 0 aliphatic carbocycles. The van der Waals surface area contributed by atoms with Gasteiger partial charge in [-0.05, 0) is 121 Å². The van der Waals surface area contributed by atoms with Crippen LogP contribution in [0.2, 0.25) is 5.02 Å². The second-order valence-electron chi connectivity index (χ2n) is 19.6. The molecule has 5 aromatic carbocycles. The Morgan fingerprint density at radius 2 is 1.35 bits per heavy atom. The van der Waals surface area contributed by atoms with Gasteiger partial charge in [-0.1, -0.05) is 90.5 Å². The Bertz CT molecular complexity index is 2890. The van der Waals surface area contributed by atoms with Crippen molar-refractivity contribution >= 4 is 52.7 Å². The maximum atomic E-state index is 14.0. The van der Waals surface area contributed by atoms with Crippen LogP contribution in [0.4, 0.5) is 15.8 Å². The molecule has 0 spiro atoms. The van der Waals surface area contributed by atoms with Gasteiger partial charge < -0.3 is 49.4 Å². The highest BCUT2D eigenvalue weighted by Gasteiger charge is 2.41. The van der Waals surface area contributed by atoms with Crippen LogP contribution in [-0.4, -0.2) is 127 Å². The molecule has 0 radical (unpaired) electrons. The lowest BCUT2D eigenvalue weighted by atomic mass is 9.87. The van der Waals surface area contributed by atoms with Crippen molar-refractivity contribution in [2.45, 2.75) is 65.0 Å². The van der Waals surface area contributed by atoms with Gasteiger partial charge in [0.1, 0.15) is 5.82 Å². The summed E-state index contributed by atoms with van der Waals surface area (Å²) in [5.41, 5.74) is 8.37. The number of carbonyl (C=O) groups excluding carboxylic acids is 4. The third-order valence-electron chi connectivity index (χ3n) is 13.7. The topological polar surface area (TPSA) is 157 Å². The standard InChI is InChI=1S/C63H73ClFN5O9/c1-5-6-7-10-52(40-47-12-21-54(65)22-13-47)63(74)69-42-57(51-11-8-9-44(2)38-51)58(43-69)62(73)67-27-29-76-31-33-78-35-37-79-36-34-77-32-30-75-28-26-66-61(72)49-16-14-48(15-17-49)50-18-25-60-56(41-50)59(39-45(3)70(60)46(4)71)68-55-23-19-53(64)20-24-55/h8-9,11-25,38,40-41,45,57-59,68H,5-6,26-37,39,42-43H2,1-4H3,(H,66,72)(H,67,73)/b52-40+/t45-,57-,58+,59+/m0/s1. The van der Waals surface area contributed by atoms with Crippen LogP contribution >= 0.6 is 11.6 Å². The van der Waals surface area contributed by atoms with Gasteiger partial charge in [0.2, 0.25) is 11.8 Å². The van der Waals surface area contributed by atoms with Crippen molar-refractivity contribution in [1.29, 1.82) is 0 Å². The summed E-state index contributed by atoms with van der Waals surface area (Å²) >= 11 is 6.13. The van der Waals surface area contributed by atoms with Gasteiger partial charge in [-0.3, -0.25) is 19.2 Å². The summed E-state index contributed by atoms with van der Waals surface area (Å²) in [6, 6.07) is 35.2. The molecule has 0 saturated carbocycles. The molecule has 79 heavy (non-hydrogen) atoms. The number of carbonyl (C=O) groups is 4. The lowest BCUT2D eigenvalue weighted by Gasteiger charge is -2.39. The number of halogens is 2. The molecule has 1 fully saturated rings. The average Bonchev–Trinajstić information content (AvgIpc) is 3.90. The van der Waals surface area contributed by atoms with Gasteiger partial charge >= 0.3 is 0 Å². The number of nitrogens with one attached hydrogen (secondary N) is 3. The zero-order valence-electron chi connectivity index (χ0n) is 45.7. The predicted molar refractivity (Wildman–Crippen MR) is 307 cm³/mol. The number of rotatable bonds is 27. The van der Waals surface area contributed by atoms with Crippen molar-refractivity contribution in [2.24, 2.45) is 5.92 Å². The fraction of sp³-hybridized carbons (Fsp3) is 0.397. The minimum atomic E-state index is -0.476. The zero-order chi connectivity index (χ0) is 55.9. The van der Waals surface area contributed by atoms with Gasteiger partial charge in [0.05, 0.1) is 83.6 Å². The Hall–Kier alpha value is -6.90. The number of likely N-dealkylation sites (tertiary alicyclic amines) is 1. The number of hydrogen-bond donors (Lipinski definition) is 3. The van der Waals surface area contributed by atoms with Crippen molar-refractivity contribution in [2.75, 3.05) is 102 Å². The Balaban J connectivity index is 0.717. The van der Waals surface area contributed by atoms with E-state index in [0.717, 1.165) is 52.0 Å². The van der Waals surface area contributed by atoms with Gasteiger partial charge in [-0.25, -0.2) is 4.39 Å². The minimum absolute atomic E-state index is 0.000760. The Labute approximate surface area is 469 Å². The first-order chi connectivity index (χ1) is 38.4. The van der Waals surface area contributed by atoms with Gasteiger partial charge in [-0.2, -0.15) is 0 Å². The van der Waals surface area contributed by atoms with Crippen molar-refractivity contribution in [1.82, 2.24) is 15.5 Å². The highest BCUT2D eigenvalue weighted by molar-refractivity contribution is 6.30. The van der Waals surface area contributed by atoms with E-state index in [9.17, 15) is 23.6 Å². The molecule has 4 amide bonds. The molecule has 5 aromatic rings. The van der Waals surface area contributed by atoms with E-state index in [1.807, 2.05) is 97.6 Å². The quantitative estimate of drug-likeness (QED) is 0.0263. The summed E-state index contributed by atoms with van der Waals surface area (Å²) in [6.45, 7) is 12.6. The van der Waals surface area contributed by atoms with Crippen LogP contribution in [0.15, 0.2) is 121 Å². The first-order valence-electron chi connectivity index (χ1n) is 27.2. The molecule has 14 nitrogen and oxygen atoms in total. The summed E-state index contributed by atoms with van der Waals surface area (Å²) in [5.74, 6) is 4.47. The Kier molecular flexibility index (Phi) is 23.5. The van der Waals surface area contributed by atoms with Crippen LogP contribution < -0.4 is 20.9 Å². The SMILES string of the molecule is CCCC#C/C(=C\c1ccc(F)cc1)C(=O)N1C[C@@H](C(=O)NCCOCCOCCOCCOCCOCCNC(=O)c2ccc(-c3ccc4c(c3)[C@H](Nc3ccc(Cl)cc3)C[C@H](C)N4C(C)=O)cc2)[C@H](c2cccc(C)c2)C1. The fourth-order valence-corrected chi connectivity index (χ4v) is 9.85. The van der Waals surface area contributed by atoms with E-state index in [4.69, 9.17) is 35.3 Å². The predicted octanol–water partition coefficient (Wildman–Crippen LogP) is 9.81. The smallest absolute Gasteiger partial charge is 0.262 e. The fourth-order valence-electron chi connectivity index (χ4n) is 9.72. The van der Waals surface area contributed by atoms with Gasteiger partial charge in [0, 0.05) is 73.4 Å². The lowest BCUT2D eigenvalue weighted by Crippen LogP contribution is -2.43. The maximum absolute atomic E-state index is 14.0. The van der Waals surface area contributed by atoms with Gasteiger partial charge in [0.15, 0.2) is 0 Å². The van der Waals surface area contributed by atoms with E-state index in [2.05, 4.69) is 46.8 Å². The van der Waals surface area contributed by atoms with Crippen molar-refractivity contribution in [3.05, 3.63) is 159 Å². The van der Waals surface area contributed by atoms with Crippen LogP contribution in [0.3, 0.4) is 0 Å². The molecule has 16 heteroatoms. The number of aryl methyl sites for hydroxylation is 1. The third-order valence-corrected chi connectivity index (χ3v) is 13.9. The van der Waals surface area contributed by atoms with E-state index in [0.29, 0.717) is 114 Å². The highest BCUT2D eigenvalue weighted by atomic mass is 35.5. The van der Waals surface area contributed by atoms with E-state index in [1.165, 1.54) is 12.1 Å². The zero-order valence-corrected chi connectivity index (χ0v) is 46.5. The van der Waals surface area contributed by atoms with Gasteiger partial charge in [0.25, 0.3) is 11.8 Å². The summed E-state index contributed by atoms with van der Waals surface area (Å²) in [4.78, 5) is 56.8. The number of anilines is 2.